The maximum Gasteiger partial charge on any atom is 0.341 e. The number of halogens is 1. The summed E-state index contributed by atoms with van der Waals surface area (Å²) in [5, 5.41) is 24.0. The van der Waals surface area contributed by atoms with E-state index in [1.54, 1.807) is 19.1 Å². The highest BCUT2D eigenvalue weighted by Gasteiger charge is 2.15. The molecule has 166 valence electrons. The van der Waals surface area contributed by atoms with Crippen molar-refractivity contribution in [1.82, 2.24) is 5.43 Å². The van der Waals surface area contributed by atoms with Gasteiger partial charge in [-0.3, -0.25) is 14.9 Å². The second-order valence-corrected chi connectivity index (χ2v) is 7.09. The van der Waals surface area contributed by atoms with Gasteiger partial charge >= 0.3 is 11.9 Å². The number of non-ortho nitro benzene ring substituents is 1. The van der Waals surface area contributed by atoms with Crippen LogP contribution in [0.3, 0.4) is 0 Å². The predicted octanol–water partition coefficient (Wildman–Crippen LogP) is 3.73. The Morgan fingerprint density at radius 1 is 1.28 bits per heavy atom. The molecule has 0 atom stereocenters. The van der Waals surface area contributed by atoms with Crippen LogP contribution in [0.1, 0.15) is 23.0 Å². The lowest BCUT2D eigenvalue weighted by atomic mass is 10.2. The minimum absolute atomic E-state index is 0.0637. The van der Waals surface area contributed by atoms with E-state index >= 15 is 0 Å². The third kappa shape index (κ3) is 5.40. The van der Waals surface area contributed by atoms with Crippen molar-refractivity contribution in [3.05, 3.63) is 62.3 Å². The number of hydrazone groups is 1. The number of benzene rings is 2. The molecule has 1 aromatic heterocycles. The Labute approximate surface area is 188 Å². The summed E-state index contributed by atoms with van der Waals surface area (Å²) >= 11 is 3.30. The number of amides is 1. The van der Waals surface area contributed by atoms with Crippen LogP contribution in [0.25, 0.3) is 11.0 Å². The molecule has 11 nitrogen and oxygen atoms in total. The Kier molecular flexibility index (Phi) is 7.05. The van der Waals surface area contributed by atoms with Crippen LogP contribution in [-0.2, 0) is 4.79 Å². The number of carboxylic acids is 1. The molecule has 1 heterocycles. The summed E-state index contributed by atoms with van der Waals surface area (Å²) in [6, 6.07) is 8.56. The lowest BCUT2D eigenvalue weighted by molar-refractivity contribution is -0.384. The van der Waals surface area contributed by atoms with Crippen LogP contribution < -0.4 is 14.9 Å². The Morgan fingerprint density at radius 2 is 2.06 bits per heavy atom. The molecule has 0 radical (unpaired) electrons. The second kappa shape index (κ2) is 9.92. The quantitative estimate of drug-likeness (QED) is 0.253. The molecule has 1 amide bonds. The van der Waals surface area contributed by atoms with Gasteiger partial charge in [0.1, 0.15) is 5.58 Å². The first kappa shape index (κ1) is 22.7. The minimum atomic E-state index is -1.13. The lowest BCUT2D eigenvalue weighted by Crippen LogP contribution is -2.16. The molecule has 0 saturated heterocycles. The molecular formula is C20H16BrN3O8. The number of furan rings is 1. The number of carboxylic acid groups (broad SMARTS) is 1. The number of carbonyl (C=O) groups is 2. The van der Waals surface area contributed by atoms with E-state index in [0.29, 0.717) is 33.4 Å². The monoisotopic (exact) mass is 505 g/mol. The van der Waals surface area contributed by atoms with E-state index in [1.807, 2.05) is 0 Å². The number of fused-ring (bicyclic) bond motifs is 1. The molecule has 0 spiro atoms. The third-order valence-electron chi connectivity index (χ3n) is 3.99. The highest BCUT2D eigenvalue weighted by molar-refractivity contribution is 9.10. The summed E-state index contributed by atoms with van der Waals surface area (Å²) in [4.78, 5) is 33.4. The van der Waals surface area contributed by atoms with Crippen molar-refractivity contribution in [3.8, 4) is 11.5 Å². The molecule has 3 rings (SSSR count). The van der Waals surface area contributed by atoms with Gasteiger partial charge in [0.15, 0.2) is 23.9 Å². The molecule has 0 fully saturated rings. The standard InChI is InChI=1S/C20H16BrN3O8/c1-2-30-16-6-11(5-14(21)19(16)31-10-18(25)26)9-22-23-20(27)17-8-12-7-13(24(28)29)3-4-15(12)32-17/h3-9H,2,10H2,1H3,(H,23,27)(H,25,26)/b22-9+. The zero-order chi connectivity index (χ0) is 23.3. The second-order valence-electron chi connectivity index (χ2n) is 6.23. The van der Waals surface area contributed by atoms with E-state index in [0.717, 1.165) is 0 Å². The number of aliphatic carboxylic acids is 1. The fourth-order valence-electron chi connectivity index (χ4n) is 2.68. The molecular weight excluding hydrogens is 490 g/mol. The van der Waals surface area contributed by atoms with Crippen molar-refractivity contribution in [2.24, 2.45) is 5.10 Å². The van der Waals surface area contributed by atoms with Crippen molar-refractivity contribution in [2.75, 3.05) is 13.2 Å². The van der Waals surface area contributed by atoms with Gasteiger partial charge in [-0.05, 0) is 52.7 Å². The minimum Gasteiger partial charge on any atom is -0.490 e. The molecule has 2 N–H and O–H groups in total. The highest BCUT2D eigenvalue weighted by Crippen LogP contribution is 2.36. The summed E-state index contributed by atoms with van der Waals surface area (Å²) < 4.78 is 16.6. The topological polar surface area (TPSA) is 154 Å². The number of nitrogens with one attached hydrogen (secondary N) is 1. The van der Waals surface area contributed by atoms with E-state index in [-0.39, 0.29) is 17.2 Å². The van der Waals surface area contributed by atoms with E-state index < -0.39 is 23.4 Å². The number of nitro groups is 1. The van der Waals surface area contributed by atoms with E-state index in [1.165, 1.54) is 30.5 Å². The van der Waals surface area contributed by atoms with Gasteiger partial charge in [0, 0.05) is 17.5 Å². The summed E-state index contributed by atoms with van der Waals surface area (Å²) in [5.41, 5.74) is 3.05. The molecule has 0 aliphatic heterocycles. The lowest BCUT2D eigenvalue weighted by Gasteiger charge is -2.13. The van der Waals surface area contributed by atoms with Gasteiger partial charge in [0.2, 0.25) is 0 Å². The van der Waals surface area contributed by atoms with Crippen LogP contribution in [0.2, 0.25) is 0 Å². The summed E-state index contributed by atoms with van der Waals surface area (Å²) in [6.45, 7) is 1.54. The zero-order valence-electron chi connectivity index (χ0n) is 16.5. The van der Waals surface area contributed by atoms with Gasteiger partial charge in [-0.2, -0.15) is 5.10 Å². The van der Waals surface area contributed by atoms with Gasteiger partial charge in [-0.1, -0.05) is 0 Å². The van der Waals surface area contributed by atoms with E-state index in [9.17, 15) is 19.7 Å². The molecule has 2 aromatic carbocycles. The van der Waals surface area contributed by atoms with Crippen molar-refractivity contribution in [3.63, 3.8) is 0 Å². The molecule has 0 saturated carbocycles. The molecule has 0 bridgehead atoms. The number of nitrogens with zero attached hydrogens (tertiary/aromatic N) is 2. The zero-order valence-corrected chi connectivity index (χ0v) is 18.1. The van der Waals surface area contributed by atoms with E-state index in [4.69, 9.17) is 19.0 Å². The fourth-order valence-corrected chi connectivity index (χ4v) is 3.25. The number of nitro benzene ring substituents is 1. The number of ether oxygens (including phenoxy) is 2. The summed E-state index contributed by atoms with van der Waals surface area (Å²) in [5.74, 6) is -1.31. The van der Waals surface area contributed by atoms with Crippen LogP contribution in [0.15, 0.2) is 50.4 Å². The maximum absolute atomic E-state index is 12.3. The average Bonchev–Trinajstić information content (AvgIpc) is 3.16. The Bertz CT molecular complexity index is 1220. The summed E-state index contributed by atoms with van der Waals surface area (Å²) in [6.07, 6.45) is 1.35. The number of hydrogen-bond acceptors (Lipinski definition) is 8. The van der Waals surface area contributed by atoms with Gasteiger partial charge in [-0.25, -0.2) is 10.2 Å². The van der Waals surface area contributed by atoms with E-state index in [2.05, 4.69) is 26.5 Å². The van der Waals surface area contributed by atoms with Gasteiger partial charge in [0.05, 0.1) is 22.2 Å². The van der Waals surface area contributed by atoms with Gasteiger partial charge in [-0.15, -0.1) is 0 Å². The summed E-state index contributed by atoms with van der Waals surface area (Å²) in [7, 11) is 0. The average molecular weight is 506 g/mol. The number of hydrogen-bond donors (Lipinski definition) is 2. The van der Waals surface area contributed by atoms with Crippen LogP contribution in [0, 0.1) is 10.1 Å². The Hall–Kier alpha value is -3.93. The number of rotatable bonds is 9. The maximum atomic E-state index is 12.3. The molecule has 0 unspecified atom stereocenters. The highest BCUT2D eigenvalue weighted by atomic mass is 79.9. The van der Waals surface area contributed by atoms with Crippen molar-refractivity contribution in [1.29, 1.82) is 0 Å². The smallest absolute Gasteiger partial charge is 0.341 e. The van der Waals surface area contributed by atoms with Crippen molar-refractivity contribution >= 4 is 50.7 Å². The Balaban J connectivity index is 1.74. The van der Waals surface area contributed by atoms with Crippen LogP contribution in [0.4, 0.5) is 5.69 Å². The first-order chi connectivity index (χ1) is 15.3. The van der Waals surface area contributed by atoms with Gasteiger partial charge < -0.3 is 19.0 Å². The SMILES string of the molecule is CCOc1cc(/C=N/NC(=O)c2cc3cc([N+](=O)[O-])ccc3o2)cc(Br)c1OCC(=O)O. The van der Waals surface area contributed by atoms with Crippen LogP contribution >= 0.6 is 15.9 Å². The van der Waals surface area contributed by atoms with Crippen molar-refractivity contribution in [2.45, 2.75) is 6.92 Å². The first-order valence-corrected chi connectivity index (χ1v) is 9.90. The predicted molar refractivity (Wildman–Crippen MR) is 116 cm³/mol. The third-order valence-corrected chi connectivity index (χ3v) is 4.57. The number of carbonyl (C=O) groups excluding carboxylic acids is 1. The molecule has 0 aliphatic rings. The Morgan fingerprint density at radius 3 is 2.75 bits per heavy atom. The molecule has 3 aromatic rings. The fraction of sp³-hybridized carbons (Fsp3) is 0.150. The van der Waals surface area contributed by atoms with Crippen LogP contribution in [-0.4, -0.2) is 41.3 Å². The molecule has 32 heavy (non-hydrogen) atoms. The molecule has 12 heteroatoms. The van der Waals surface area contributed by atoms with Crippen LogP contribution in [0.5, 0.6) is 11.5 Å². The van der Waals surface area contributed by atoms with Gasteiger partial charge in [0.25, 0.3) is 5.69 Å². The first-order valence-electron chi connectivity index (χ1n) is 9.10. The normalized spacial score (nSPS) is 10.9. The largest absolute Gasteiger partial charge is 0.490 e. The van der Waals surface area contributed by atoms with Crippen molar-refractivity contribution < 1.29 is 33.5 Å². The molecule has 0 aliphatic carbocycles.